The second-order valence-electron chi connectivity index (χ2n) is 4.52. The van der Waals surface area contributed by atoms with E-state index in [0.717, 1.165) is 32.6 Å². The van der Waals surface area contributed by atoms with E-state index < -0.39 is 0 Å². The molecule has 0 bridgehead atoms. The highest BCUT2D eigenvalue weighted by Gasteiger charge is 2.35. The number of likely N-dealkylation sites (N-methyl/N-ethyl adjacent to an activating group) is 1. The quantitative estimate of drug-likeness (QED) is 0.672. The molecule has 2 aliphatic heterocycles. The molecule has 0 spiro atoms. The normalized spacial score (nSPS) is 30.4. The van der Waals surface area contributed by atoms with Gasteiger partial charge in [-0.15, -0.1) is 0 Å². The first kappa shape index (κ1) is 11.5. The highest BCUT2D eigenvalue weighted by atomic mass is 16.5. The van der Waals surface area contributed by atoms with Crippen molar-refractivity contribution in [1.82, 2.24) is 10.2 Å². The minimum atomic E-state index is -0.306. The summed E-state index contributed by atoms with van der Waals surface area (Å²) in [6, 6.07) is -0.306. The van der Waals surface area contributed by atoms with Gasteiger partial charge in [0.1, 0.15) is 0 Å². The third-order valence-corrected chi connectivity index (χ3v) is 3.35. The Morgan fingerprint density at radius 2 is 2.31 bits per heavy atom. The number of rotatable bonds is 4. The third kappa shape index (κ3) is 2.41. The van der Waals surface area contributed by atoms with E-state index >= 15 is 0 Å². The van der Waals surface area contributed by atoms with Crippen LogP contribution >= 0.6 is 0 Å². The van der Waals surface area contributed by atoms with Crippen LogP contribution in [0.5, 0.6) is 0 Å². The van der Waals surface area contributed by atoms with E-state index in [1.165, 1.54) is 11.9 Å². The summed E-state index contributed by atoms with van der Waals surface area (Å²) in [6.45, 7) is 2.47. The topological polar surface area (TPSA) is 58.6 Å². The van der Waals surface area contributed by atoms with Crippen molar-refractivity contribution in [2.75, 3.05) is 26.8 Å². The van der Waals surface area contributed by atoms with Crippen molar-refractivity contribution in [3.63, 3.8) is 0 Å². The van der Waals surface area contributed by atoms with Crippen molar-refractivity contribution in [1.29, 1.82) is 0 Å². The fourth-order valence-electron chi connectivity index (χ4n) is 2.19. The maximum Gasteiger partial charge on any atom is 0.246 e. The number of hydrogen-bond donors (Lipinski definition) is 1. The van der Waals surface area contributed by atoms with Crippen molar-refractivity contribution in [3.05, 3.63) is 0 Å². The van der Waals surface area contributed by atoms with Crippen molar-refractivity contribution >= 4 is 11.8 Å². The Hall–Kier alpha value is -0.940. The van der Waals surface area contributed by atoms with E-state index in [2.05, 4.69) is 5.32 Å². The molecule has 0 aromatic carbocycles. The first-order valence-corrected chi connectivity index (χ1v) is 5.80. The third-order valence-electron chi connectivity index (χ3n) is 3.35. The van der Waals surface area contributed by atoms with Gasteiger partial charge in [-0.05, 0) is 25.3 Å². The van der Waals surface area contributed by atoms with Crippen molar-refractivity contribution in [2.24, 2.45) is 5.92 Å². The average molecular weight is 226 g/mol. The van der Waals surface area contributed by atoms with Crippen molar-refractivity contribution in [3.8, 4) is 0 Å². The Balaban J connectivity index is 1.70. The predicted octanol–water partition coefficient (Wildman–Crippen LogP) is -0.240. The van der Waals surface area contributed by atoms with Crippen LogP contribution in [0.2, 0.25) is 0 Å². The molecule has 2 atom stereocenters. The standard InChI is InChI=1S/C11H18N2O3/c1-13-10(14)6-9(11(13)15)12-4-2-8-3-5-16-7-8/h8-9,12H,2-7H2,1H3. The molecule has 2 aliphatic rings. The van der Waals surface area contributed by atoms with Gasteiger partial charge in [0.2, 0.25) is 11.8 Å². The lowest BCUT2D eigenvalue weighted by atomic mass is 10.1. The van der Waals surface area contributed by atoms with E-state index in [4.69, 9.17) is 4.74 Å². The van der Waals surface area contributed by atoms with Crippen molar-refractivity contribution in [2.45, 2.75) is 25.3 Å². The Labute approximate surface area is 95.1 Å². The van der Waals surface area contributed by atoms with Crippen LogP contribution in [-0.4, -0.2) is 49.6 Å². The molecule has 0 radical (unpaired) electrons. The summed E-state index contributed by atoms with van der Waals surface area (Å²) in [5.74, 6) is 0.414. The lowest BCUT2D eigenvalue weighted by Crippen LogP contribution is -2.38. The van der Waals surface area contributed by atoms with Gasteiger partial charge in [0.15, 0.2) is 0 Å². The number of amides is 2. The molecule has 16 heavy (non-hydrogen) atoms. The first-order valence-electron chi connectivity index (χ1n) is 5.80. The molecule has 0 aliphatic carbocycles. The molecule has 5 nitrogen and oxygen atoms in total. The molecule has 0 aromatic heterocycles. The summed E-state index contributed by atoms with van der Waals surface area (Å²) in [7, 11) is 1.54. The van der Waals surface area contributed by atoms with Crippen LogP contribution in [0.15, 0.2) is 0 Å². The summed E-state index contributed by atoms with van der Waals surface area (Å²) in [6.07, 6.45) is 2.43. The van der Waals surface area contributed by atoms with Gasteiger partial charge >= 0.3 is 0 Å². The summed E-state index contributed by atoms with van der Waals surface area (Å²) in [5, 5.41) is 3.15. The number of carbonyl (C=O) groups excluding carboxylic acids is 2. The lowest BCUT2D eigenvalue weighted by molar-refractivity contribution is -0.137. The number of hydrogen-bond acceptors (Lipinski definition) is 4. The maximum absolute atomic E-state index is 11.6. The zero-order valence-electron chi connectivity index (χ0n) is 9.57. The number of ether oxygens (including phenoxy) is 1. The van der Waals surface area contributed by atoms with Gasteiger partial charge < -0.3 is 10.1 Å². The van der Waals surface area contributed by atoms with E-state index in [1.807, 2.05) is 0 Å². The van der Waals surface area contributed by atoms with Gasteiger partial charge in [0.25, 0.3) is 0 Å². The second-order valence-corrected chi connectivity index (χ2v) is 4.52. The molecule has 2 heterocycles. The molecule has 2 unspecified atom stereocenters. The van der Waals surface area contributed by atoms with Gasteiger partial charge in [-0.3, -0.25) is 14.5 Å². The first-order chi connectivity index (χ1) is 7.68. The van der Waals surface area contributed by atoms with Gasteiger partial charge in [-0.2, -0.15) is 0 Å². The SMILES string of the molecule is CN1C(=O)CC(NCCC2CCOC2)C1=O. The van der Waals surface area contributed by atoms with E-state index in [9.17, 15) is 9.59 Å². The van der Waals surface area contributed by atoms with Crippen molar-refractivity contribution < 1.29 is 14.3 Å². The molecule has 5 heteroatoms. The van der Waals surface area contributed by atoms with Crippen LogP contribution < -0.4 is 5.32 Å². The highest BCUT2D eigenvalue weighted by molar-refractivity contribution is 6.05. The Morgan fingerprint density at radius 3 is 2.88 bits per heavy atom. The largest absolute Gasteiger partial charge is 0.381 e. The van der Waals surface area contributed by atoms with Crippen LogP contribution in [0, 0.1) is 5.92 Å². The molecule has 90 valence electrons. The fraction of sp³-hybridized carbons (Fsp3) is 0.818. The molecule has 1 N–H and O–H groups in total. The summed E-state index contributed by atoms with van der Waals surface area (Å²) in [5.41, 5.74) is 0. The molecular formula is C11H18N2O3. The molecule has 2 rings (SSSR count). The Morgan fingerprint density at radius 1 is 1.50 bits per heavy atom. The number of likely N-dealkylation sites (tertiary alicyclic amines) is 1. The van der Waals surface area contributed by atoms with Crippen LogP contribution in [0.4, 0.5) is 0 Å². The summed E-state index contributed by atoms with van der Waals surface area (Å²) < 4.78 is 5.28. The number of nitrogens with zero attached hydrogens (tertiary/aromatic N) is 1. The minimum Gasteiger partial charge on any atom is -0.381 e. The van der Waals surface area contributed by atoms with Crippen LogP contribution in [0.3, 0.4) is 0 Å². The van der Waals surface area contributed by atoms with E-state index in [-0.39, 0.29) is 17.9 Å². The molecule has 2 fully saturated rings. The summed E-state index contributed by atoms with van der Waals surface area (Å²) >= 11 is 0. The fourth-order valence-corrected chi connectivity index (χ4v) is 2.19. The Kier molecular flexibility index (Phi) is 3.56. The van der Waals surface area contributed by atoms with Gasteiger partial charge in [-0.1, -0.05) is 0 Å². The Bertz CT molecular complexity index is 287. The van der Waals surface area contributed by atoms with Gasteiger partial charge in [0.05, 0.1) is 12.5 Å². The molecular weight excluding hydrogens is 208 g/mol. The van der Waals surface area contributed by atoms with Crippen LogP contribution in [-0.2, 0) is 14.3 Å². The second kappa shape index (κ2) is 4.93. The number of carbonyl (C=O) groups is 2. The maximum atomic E-state index is 11.6. The monoisotopic (exact) mass is 226 g/mol. The number of imide groups is 1. The minimum absolute atomic E-state index is 0.0910. The zero-order chi connectivity index (χ0) is 11.5. The van der Waals surface area contributed by atoms with Gasteiger partial charge in [0, 0.05) is 20.3 Å². The van der Waals surface area contributed by atoms with E-state index in [0.29, 0.717) is 12.3 Å². The zero-order valence-corrected chi connectivity index (χ0v) is 9.57. The molecule has 0 aromatic rings. The number of nitrogens with one attached hydrogen (secondary N) is 1. The molecule has 2 amide bonds. The molecule has 0 saturated carbocycles. The molecule has 2 saturated heterocycles. The highest BCUT2D eigenvalue weighted by Crippen LogP contribution is 2.16. The van der Waals surface area contributed by atoms with E-state index in [1.54, 1.807) is 0 Å². The van der Waals surface area contributed by atoms with Crippen LogP contribution in [0.25, 0.3) is 0 Å². The predicted molar refractivity (Wildman–Crippen MR) is 57.7 cm³/mol. The van der Waals surface area contributed by atoms with Crippen LogP contribution in [0.1, 0.15) is 19.3 Å². The average Bonchev–Trinajstić information content (AvgIpc) is 2.85. The van der Waals surface area contributed by atoms with Gasteiger partial charge in [-0.25, -0.2) is 0 Å². The lowest BCUT2D eigenvalue weighted by Gasteiger charge is -2.12. The smallest absolute Gasteiger partial charge is 0.246 e. The summed E-state index contributed by atoms with van der Waals surface area (Å²) in [4.78, 5) is 24.0.